The first-order chi connectivity index (χ1) is 11.4. The van der Waals surface area contributed by atoms with Crippen LogP contribution in [0.3, 0.4) is 0 Å². The molecule has 0 saturated carbocycles. The monoisotopic (exact) mass is 433 g/mol. The van der Waals surface area contributed by atoms with Crippen LogP contribution in [0.4, 0.5) is 14.5 Å². The van der Waals surface area contributed by atoms with Gasteiger partial charge in [0.1, 0.15) is 0 Å². The highest BCUT2D eigenvalue weighted by molar-refractivity contribution is 9.10. The summed E-state index contributed by atoms with van der Waals surface area (Å²) in [7, 11) is -5.64. The number of alkyl halides is 2. The molecule has 0 spiro atoms. The number of hydrogen-bond donors (Lipinski definition) is 3. The van der Waals surface area contributed by atoms with E-state index in [-0.39, 0.29) is 5.56 Å². The van der Waals surface area contributed by atoms with E-state index in [1.165, 1.54) is 0 Å². The molecule has 0 aliphatic rings. The van der Waals surface area contributed by atoms with Gasteiger partial charge in [0.15, 0.2) is 0 Å². The van der Waals surface area contributed by atoms with Gasteiger partial charge in [-0.15, -0.1) is 0 Å². The summed E-state index contributed by atoms with van der Waals surface area (Å²) in [6, 6.07) is 7.34. The molecule has 3 N–H and O–H groups in total. The Hall–Kier alpha value is -1.60. The van der Waals surface area contributed by atoms with Crippen molar-refractivity contribution in [3.8, 4) is 0 Å². The Kier molecular flexibility index (Phi) is 5.49. The molecule has 9 heteroatoms. The summed E-state index contributed by atoms with van der Waals surface area (Å²) in [5.41, 5.74) is -2.68. The quantitative estimate of drug-likeness (QED) is 0.617. The lowest BCUT2D eigenvalue weighted by Gasteiger charge is -2.18. The summed E-state index contributed by atoms with van der Waals surface area (Å²) in [5.74, 6) is -0.521. The van der Waals surface area contributed by atoms with Gasteiger partial charge in [0.25, 0.3) is 5.91 Å². The van der Waals surface area contributed by atoms with Gasteiger partial charge in [0.05, 0.1) is 0 Å². The number of halogens is 3. The molecule has 0 saturated heterocycles. The molecule has 0 heterocycles. The van der Waals surface area contributed by atoms with Gasteiger partial charge in [0.2, 0.25) is 0 Å². The van der Waals surface area contributed by atoms with E-state index in [1.54, 1.807) is 12.1 Å². The van der Waals surface area contributed by atoms with Crippen LogP contribution in [0.5, 0.6) is 0 Å². The van der Waals surface area contributed by atoms with Crippen molar-refractivity contribution in [3.63, 3.8) is 0 Å². The fourth-order valence-corrected chi connectivity index (χ4v) is 2.93. The first-order valence-corrected chi connectivity index (χ1v) is 9.46. The summed E-state index contributed by atoms with van der Waals surface area (Å²) in [5, 5.41) is 2.65. The smallest absolute Gasteiger partial charge is 0.322 e. The highest BCUT2D eigenvalue weighted by atomic mass is 79.9. The van der Waals surface area contributed by atoms with Crippen LogP contribution in [0.15, 0.2) is 40.9 Å². The Bertz CT molecular complexity index is 842. The number of amides is 1. The number of nitrogens with one attached hydrogen (secondary N) is 1. The molecule has 0 aliphatic heterocycles. The van der Waals surface area contributed by atoms with Gasteiger partial charge >= 0.3 is 13.3 Å². The maximum atomic E-state index is 13.6. The van der Waals surface area contributed by atoms with Crippen LogP contribution in [-0.2, 0) is 10.2 Å². The second-order valence-corrected chi connectivity index (χ2v) is 7.98. The van der Waals surface area contributed by atoms with E-state index in [4.69, 9.17) is 9.79 Å². The molecule has 134 valence electrons. The van der Waals surface area contributed by atoms with Crippen molar-refractivity contribution in [1.29, 1.82) is 0 Å². The van der Waals surface area contributed by atoms with Crippen molar-refractivity contribution >= 4 is 35.1 Å². The fraction of sp³-hybridized carbons (Fsp3) is 0.188. The highest BCUT2D eigenvalue weighted by Gasteiger charge is 2.50. The molecular weight excluding hydrogens is 419 g/mol. The van der Waals surface area contributed by atoms with Gasteiger partial charge in [-0.25, -0.2) is 0 Å². The van der Waals surface area contributed by atoms with Crippen LogP contribution in [-0.4, -0.2) is 15.7 Å². The van der Waals surface area contributed by atoms with E-state index < -0.39 is 24.7 Å². The van der Waals surface area contributed by atoms with Crippen molar-refractivity contribution in [2.45, 2.75) is 19.5 Å². The summed E-state index contributed by atoms with van der Waals surface area (Å²) in [4.78, 5) is 29.7. The molecular formula is C16H15BrF2NO4P. The van der Waals surface area contributed by atoms with Crippen LogP contribution >= 0.6 is 23.5 Å². The number of carbonyl (C=O) groups is 1. The Morgan fingerprint density at radius 2 is 1.60 bits per heavy atom. The van der Waals surface area contributed by atoms with E-state index in [0.717, 1.165) is 39.9 Å². The van der Waals surface area contributed by atoms with Gasteiger partial charge in [-0.05, 0) is 49.2 Å². The predicted octanol–water partition coefficient (Wildman–Crippen LogP) is 4.55. The average Bonchev–Trinajstić information content (AvgIpc) is 2.51. The standard InChI is InChI=1S/C16H15BrF2NO4P/c1-9-7-13(8-10(2)14(9)17)20-15(21)11-3-5-12(6-4-11)16(18,19)25(22,23)24/h3-8H,1-2H3,(H,20,21)(H2,22,23,24). The minimum absolute atomic E-state index is 0.0866. The van der Waals surface area contributed by atoms with Crippen LogP contribution in [0.25, 0.3) is 0 Å². The van der Waals surface area contributed by atoms with Crippen molar-refractivity contribution in [3.05, 3.63) is 63.1 Å². The highest BCUT2D eigenvalue weighted by Crippen LogP contribution is 2.59. The van der Waals surface area contributed by atoms with Crippen LogP contribution in [0.2, 0.25) is 0 Å². The van der Waals surface area contributed by atoms with Gasteiger partial charge in [-0.2, -0.15) is 8.78 Å². The second kappa shape index (κ2) is 6.96. The van der Waals surface area contributed by atoms with E-state index in [1.807, 2.05) is 13.8 Å². The molecule has 1 amide bonds. The molecule has 25 heavy (non-hydrogen) atoms. The third kappa shape index (κ3) is 4.15. The van der Waals surface area contributed by atoms with E-state index in [2.05, 4.69) is 21.2 Å². The van der Waals surface area contributed by atoms with E-state index in [9.17, 15) is 18.1 Å². The molecule has 0 aliphatic carbocycles. The van der Waals surface area contributed by atoms with Crippen LogP contribution < -0.4 is 5.32 Å². The number of anilines is 1. The lowest BCUT2D eigenvalue weighted by molar-refractivity contribution is 0.0564. The van der Waals surface area contributed by atoms with Crippen molar-refractivity contribution in [2.24, 2.45) is 0 Å². The maximum Gasteiger partial charge on any atom is 0.399 e. The van der Waals surface area contributed by atoms with Gasteiger partial charge < -0.3 is 15.1 Å². The molecule has 0 fully saturated rings. The number of aryl methyl sites for hydroxylation is 2. The van der Waals surface area contributed by atoms with E-state index >= 15 is 0 Å². The topological polar surface area (TPSA) is 86.6 Å². The third-order valence-electron chi connectivity index (χ3n) is 3.55. The minimum atomic E-state index is -5.64. The number of carbonyl (C=O) groups excluding carboxylic acids is 1. The van der Waals surface area contributed by atoms with Crippen molar-refractivity contribution in [1.82, 2.24) is 0 Å². The molecule has 0 atom stereocenters. The Labute approximate surface area is 151 Å². The first-order valence-electron chi connectivity index (χ1n) is 7.05. The van der Waals surface area contributed by atoms with Crippen LogP contribution in [0.1, 0.15) is 27.0 Å². The Morgan fingerprint density at radius 3 is 2.04 bits per heavy atom. The molecule has 2 aromatic rings. The molecule has 2 rings (SSSR count). The third-order valence-corrected chi connectivity index (χ3v) is 5.80. The van der Waals surface area contributed by atoms with E-state index in [0.29, 0.717) is 5.69 Å². The summed E-state index contributed by atoms with van der Waals surface area (Å²) in [6.45, 7) is 3.73. The second-order valence-electron chi connectivity index (χ2n) is 5.54. The zero-order valence-electron chi connectivity index (χ0n) is 13.3. The Balaban J connectivity index is 2.23. The summed E-state index contributed by atoms with van der Waals surface area (Å²) < 4.78 is 39.0. The SMILES string of the molecule is Cc1cc(NC(=O)c2ccc(C(F)(F)P(=O)(O)O)cc2)cc(C)c1Br. The molecule has 2 aromatic carbocycles. The Morgan fingerprint density at radius 1 is 1.12 bits per heavy atom. The van der Waals surface area contributed by atoms with Gasteiger partial charge in [-0.1, -0.05) is 28.1 Å². The summed E-state index contributed by atoms with van der Waals surface area (Å²) >= 11 is 3.42. The molecule has 0 aromatic heterocycles. The van der Waals surface area contributed by atoms with Crippen molar-refractivity contribution < 1.29 is 27.9 Å². The van der Waals surface area contributed by atoms with Gasteiger partial charge in [-0.3, -0.25) is 9.36 Å². The zero-order chi connectivity index (χ0) is 19.0. The zero-order valence-corrected chi connectivity index (χ0v) is 15.7. The van der Waals surface area contributed by atoms with Crippen molar-refractivity contribution in [2.75, 3.05) is 5.32 Å². The molecule has 0 bridgehead atoms. The fourth-order valence-electron chi connectivity index (χ4n) is 2.21. The number of hydrogen-bond acceptors (Lipinski definition) is 2. The predicted molar refractivity (Wildman–Crippen MR) is 93.9 cm³/mol. The molecule has 5 nitrogen and oxygen atoms in total. The number of rotatable bonds is 4. The number of benzene rings is 2. The lowest BCUT2D eigenvalue weighted by atomic mass is 10.1. The normalized spacial score (nSPS) is 12.1. The minimum Gasteiger partial charge on any atom is -0.322 e. The molecule has 0 radical (unpaired) electrons. The summed E-state index contributed by atoms with van der Waals surface area (Å²) in [6.07, 6.45) is 0. The first kappa shape index (κ1) is 19.7. The largest absolute Gasteiger partial charge is 0.399 e. The lowest BCUT2D eigenvalue weighted by Crippen LogP contribution is -2.15. The average molecular weight is 434 g/mol. The maximum absolute atomic E-state index is 13.6. The van der Waals surface area contributed by atoms with Gasteiger partial charge in [0, 0.05) is 21.3 Å². The van der Waals surface area contributed by atoms with Crippen LogP contribution in [0, 0.1) is 13.8 Å². The molecule has 0 unspecified atom stereocenters.